The van der Waals surface area contributed by atoms with E-state index < -0.39 is 12.0 Å². The molecule has 7 nitrogen and oxygen atoms in total. The number of anilines is 1. The molecule has 1 fully saturated rings. The number of halogens is 1. The SMILES string of the molecule is O=C(C[C@@H]([NH2+]CC[NH+]1CC[NH2+]CC1)C(=O)[O-])Nc1cccc(Cl)c1. The van der Waals surface area contributed by atoms with Crippen molar-refractivity contribution in [2.24, 2.45) is 0 Å². The second-order valence-corrected chi connectivity index (χ2v) is 6.52. The number of nitrogens with one attached hydrogen (secondary N) is 2. The van der Waals surface area contributed by atoms with Crippen molar-refractivity contribution >= 4 is 29.2 Å². The first kappa shape index (κ1) is 18.7. The number of nitrogens with two attached hydrogens (primary N) is 2. The minimum absolute atomic E-state index is 0.127. The lowest BCUT2D eigenvalue weighted by Gasteiger charge is -2.22. The van der Waals surface area contributed by atoms with Gasteiger partial charge in [0.05, 0.1) is 12.4 Å². The first-order valence-electron chi connectivity index (χ1n) is 8.29. The summed E-state index contributed by atoms with van der Waals surface area (Å²) in [5.41, 5.74) is 0.554. The lowest BCUT2D eigenvalue weighted by Crippen LogP contribution is -3.22. The number of hydrogen-bond donors (Lipinski definition) is 4. The molecule has 24 heavy (non-hydrogen) atoms. The number of quaternary nitrogens is 3. The van der Waals surface area contributed by atoms with Gasteiger partial charge in [-0.05, 0) is 18.2 Å². The second kappa shape index (κ2) is 9.58. The predicted octanol–water partition coefficient (Wildman–Crippen LogP) is -4.19. The van der Waals surface area contributed by atoms with Crippen LogP contribution in [0.25, 0.3) is 0 Å². The maximum Gasteiger partial charge on any atom is 0.230 e. The fourth-order valence-electron chi connectivity index (χ4n) is 2.86. The quantitative estimate of drug-likeness (QED) is 0.379. The number of piperazine rings is 1. The zero-order valence-corrected chi connectivity index (χ0v) is 14.3. The molecule has 1 aromatic carbocycles. The third-order valence-corrected chi connectivity index (χ3v) is 4.40. The Morgan fingerprint density at radius 3 is 2.79 bits per heavy atom. The van der Waals surface area contributed by atoms with E-state index in [2.05, 4.69) is 10.6 Å². The minimum atomic E-state index is -1.21. The highest BCUT2D eigenvalue weighted by molar-refractivity contribution is 6.30. The Morgan fingerprint density at radius 2 is 2.12 bits per heavy atom. The zero-order chi connectivity index (χ0) is 17.4. The average Bonchev–Trinajstić information content (AvgIpc) is 2.54. The van der Waals surface area contributed by atoms with Crippen LogP contribution in [0, 0.1) is 0 Å². The van der Waals surface area contributed by atoms with E-state index in [1.807, 2.05) is 0 Å². The highest BCUT2D eigenvalue weighted by atomic mass is 35.5. The molecule has 1 saturated heterocycles. The standard InChI is InChI=1S/C16H23ClN4O3/c17-12-2-1-3-13(10-12)20-15(22)11-14(16(23)24)19-6-9-21-7-4-18-5-8-21/h1-3,10,14,18-19H,4-9,11H2,(H,20,22)(H,23,24)/p+2/t14-/m1/s1. The molecule has 1 aromatic rings. The van der Waals surface area contributed by atoms with E-state index in [1.165, 1.54) is 4.90 Å². The zero-order valence-electron chi connectivity index (χ0n) is 13.6. The Morgan fingerprint density at radius 1 is 1.38 bits per heavy atom. The molecule has 1 heterocycles. The highest BCUT2D eigenvalue weighted by Crippen LogP contribution is 2.14. The van der Waals surface area contributed by atoms with Crippen LogP contribution in [0.1, 0.15) is 6.42 Å². The van der Waals surface area contributed by atoms with Gasteiger partial charge in [0, 0.05) is 10.7 Å². The summed E-state index contributed by atoms with van der Waals surface area (Å²) in [5, 5.41) is 18.4. The summed E-state index contributed by atoms with van der Waals surface area (Å²) in [4.78, 5) is 24.8. The number of carboxylic acid groups (broad SMARTS) is 1. The molecule has 0 spiro atoms. The van der Waals surface area contributed by atoms with Gasteiger partial charge in [0.1, 0.15) is 45.3 Å². The molecule has 2 rings (SSSR count). The molecule has 0 saturated carbocycles. The minimum Gasteiger partial charge on any atom is -0.544 e. The van der Waals surface area contributed by atoms with Crippen molar-refractivity contribution in [1.82, 2.24) is 0 Å². The number of amides is 1. The van der Waals surface area contributed by atoms with Crippen LogP contribution in [0.3, 0.4) is 0 Å². The van der Waals surface area contributed by atoms with Crippen molar-refractivity contribution in [3.8, 4) is 0 Å². The van der Waals surface area contributed by atoms with Crippen molar-refractivity contribution in [3.63, 3.8) is 0 Å². The summed E-state index contributed by atoms with van der Waals surface area (Å²) in [5.74, 6) is -1.57. The predicted molar refractivity (Wildman–Crippen MR) is 87.5 cm³/mol. The molecule has 0 bridgehead atoms. The number of hydrogen-bond acceptors (Lipinski definition) is 3. The lowest BCUT2D eigenvalue weighted by atomic mass is 10.2. The third kappa shape index (κ3) is 6.45. The van der Waals surface area contributed by atoms with Gasteiger partial charge >= 0.3 is 0 Å². The van der Waals surface area contributed by atoms with E-state index in [0.717, 1.165) is 32.7 Å². The first-order chi connectivity index (χ1) is 11.5. The number of carbonyl (C=O) groups is 2. The molecule has 6 N–H and O–H groups in total. The molecule has 1 aliphatic rings. The fourth-order valence-corrected chi connectivity index (χ4v) is 3.05. The summed E-state index contributed by atoms with van der Waals surface area (Å²) in [6, 6.07) is 5.88. The van der Waals surface area contributed by atoms with E-state index >= 15 is 0 Å². The van der Waals surface area contributed by atoms with Gasteiger partial charge in [-0.1, -0.05) is 17.7 Å². The Bertz CT molecular complexity index is 564. The molecule has 0 aliphatic carbocycles. The van der Waals surface area contributed by atoms with Crippen LogP contribution in [-0.2, 0) is 9.59 Å². The van der Waals surface area contributed by atoms with E-state index in [4.69, 9.17) is 11.6 Å². The molecule has 1 aliphatic heterocycles. The van der Waals surface area contributed by atoms with Crippen molar-refractivity contribution in [2.75, 3.05) is 44.6 Å². The fraction of sp³-hybridized carbons (Fsp3) is 0.500. The van der Waals surface area contributed by atoms with Gasteiger partial charge < -0.3 is 30.8 Å². The van der Waals surface area contributed by atoms with E-state index in [9.17, 15) is 14.7 Å². The van der Waals surface area contributed by atoms with Crippen molar-refractivity contribution in [1.29, 1.82) is 0 Å². The molecule has 132 valence electrons. The number of carbonyl (C=O) groups excluding carboxylic acids is 2. The maximum absolute atomic E-state index is 12.0. The van der Waals surface area contributed by atoms with Gasteiger partial charge in [-0.2, -0.15) is 0 Å². The van der Waals surface area contributed by atoms with Gasteiger partial charge in [0.2, 0.25) is 5.91 Å². The number of rotatable bonds is 8. The monoisotopic (exact) mass is 356 g/mol. The molecule has 0 unspecified atom stereocenters. The summed E-state index contributed by atoms with van der Waals surface area (Å²) in [7, 11) is 0. The lowest BCUT2D eigenvalue weighted by molar-refractivity contribution is -0.955. The van der Waals surface area contributed by atoms with Crippen molar-refractivity contribution < 1.29 is 30.2 Å². The van der Waals surface area contributed by atoms with Crippen LogP contribution >= 0.6 is 11.6 Å². The van der Waals surface area contributed by atoms with Crippen LogP contribution in [0.5, 0.6) is 0 Å². The summed E-state index contributed by atoms with van der Waals surface area (Å²) < 4.78 is 0. The van der Waals surface area contributed by atoms with Gasteiger partial charge in [-0.3, -0.25) is 4.79 Å². The smallest absolute Gasteiger partial charge is 0.230 e. The van der Waals surface area contributed by atoms with Gasteiger partial charge in [0.25, 0.3) is 0 Å². The normalized spacial score (nSPS) is 16.5. The third-order valence-electron chi connectivity index (χ3n) is 4.17. The molecule has 1 atom stereocenters. The van der Waals surface area contributed by atoms with Crippen molar-refractivity contribution in [3.05, 3.63) is 29.3 Å². The molecule has 8 heteroatoms. The summed E-state index contributed by atoms with van der Waals surface area (Å²) in [6.07, 6.45) is -0.127. The largest absolute Gasteiger partial charge is 0.544 e. The van der Waals surface area contributed by atoms with Gasteiger partial charge in [0.15, 0.2) is 0 Å². The molecular weight excluding hydrogens is 332 g/mol. The van der Waals surface area contributed by atoms with Crippen LogP contribution in [-0.4, -0.2) is 57.2 Å². The number of benzene rings is 1. The molecule has 0 aromatic heterocycles. The second-order valence-electron chi connectivity index (χ2n) is 6.08. The van der Waals surface area contributed by atoms with Crippen LogP contribution < -0.4 is 26.0 Å². The van der Waals surface area contributed by atoms with Gasteiger partial charge in [-0.15, -0.1) is 0 Å². The molecule has 0 radical (unpaired) electrons. The topological polar surface area (TPSA) is 107 Å². The first-order valence-corrected chi connectivity index (χ1v) is 8.67. The van der Waals surface area contributed by atoms with E-state index in [-0.39, 0.29) is 12.3 Å². The van der Waals surface area contributed by atoms with E-state index in [0.29, 0.717) is 17.3 Å². The Labute approximate surface area is 146 Å². The average molecular weight is 357 g/mol. The molecular formula is C16H25ClN4O3+2. The number of aliphatic carboxylic acids is 1. The van der Waals surface area contributed by atoms with Gasteiger partial charge in [-0.25, -0.2) is 0 Å². The summed E-state index contributed by atoms with van der Waals surface area (Å²) in [6.45, 7) is 5.98. The Hall–Kier alpha value is -1.67. The van der Waals surface area contributed by atoms with Crippen LogP contribution in [0.4, 0.5) is 5.69 Å². The molecule has 1 amide bonds. The highest BCUT2D eigenvalue weighted by Gasteiger charge is 2.21. The van der Waals surface area contributed by atoms with Crippen molar-refractivity contribution in [2.45, 2.75) is 12.5 Å². The summed E-state index contributed by atoms with van der Waals surface area (Å²) >= 11 is 5.86. The van der Waals surface area contributed by atoms with Crippen LogP contribution in [0.15, 0.2) is 24.3 Å². The van der Waals surface area contributed by atoms with E-state index in [1.54, 1.807) is 29.6 Å². The van der Waals surface area contributed by atoms with Crippen LogP contribution in [0.2, 0.25) is 5.02 Å². The Balaban J connectivity index is 1.77. The number of carboxylic acids is 1. The Kier molecular flexibility index (Phi) is 7.45. The maximum atomic E-state index is 12.0.